The number of hydrogen-bond acceptors (Lipinski definition) is 2. The van der Waals surface area contributed by atoms with Gasteiger partial charge in [0, 0.05) is 15.8 Å². The fourth-order valence-corrected chi connectivity index (χ4v) is 4.24. The first-order valence-corrected chi connectivity index (χ1v) is 8.65. The fraction of sp³-hybridized carbons (Fsp3) is 0.333. The minimum atomic E-state index is 0.142. The summed E-state index contributed by atoms with van der Waals surface area (Å²) in [5.41, 5.74) is 10.2. The fourth-order valence-electron chi connectivity index (χ4n) is 2.90. The van der Waals surface area contributed by atoms with E-state index in [1.165, 1.54) is 40.8 Å². The highest BCUT2D eigenvalue weighted by Crippen LogP contribution is 2.38. The van der Waals surface area contributed by atoms with Gasteiger partial charge >= 0.3 is 0 Å². The van der Waals surface area contributed by atoms with Gasteiger partial charge in [0.2, 0.25) is 0 Å². The molecule has 0 bridgehead atoms. The Morgan fingerprint density at radius 1 is 1.19 bits per heavy atom. The lowest BCUT2D eigenvalue weighted by Crippen LogP contribution is -2.18. The number of nitrogens with two attached hydrogens (primary N) is 1. The molecule has 0 saturated heterocycles. The van der Waals surface area contributed by atoms with Crippen LogP contribution in [0.2, 0.25) is 5.02 Å². The molecule has 0 saturated carbocycles. The third kappa shape index (κ3) is 3.45. The van der Waals surface area contributed by atoms with E-state index in [1.807, 2.05) is 19.1 Å². The summed E-state index contributed by atoms with van der Waals surface area (Å²) < 4.78 is 0. The van der Waals surface area contributed by atoms with Gasteiger partial charge in [0.15, 0.2) is 0 Å². The average molecular weight is 318 g/mol. The zero-order valence-electron chi connectivity index (χ0n) is 12.2. The van der Waals surface area contributed by atoms with E-state index in [0.29, 0.717) is 0 Å². The molecule has 1 unspecified atom stereocenters. The smallest absolute Gasteiger partial charge is 0.0548 e. The molecule has 0 fully saturated rings. The van der Waals surface area contributed by atoms with Crippen molar-refractivity contribution in [2.75, 3.05) is 0 Å². The lowest BCUT2D eigenvalue weighted by atomic mass is 10.1. The van der Waals surface area contributed by atoms with Crippen LogP contribution in [0.3, 0.4) is 0 Å². The van der Waals surface area contributed by atoms with Crippen molar-refractivity contribution in [3.63, 3.8) is 0 Å². The predicted octanol–water partition coefficient (Wildman–Crippen LogP) is 4.87. The van der Waals surface area contributed by atoms with E-state index >= 15 is 0 Å². The summed E-state index contributed by atoms with van der Waals surface area (Å²) in [6, 6.07) is 13.1. The van der Waals surface area contributed by atoms with Crippen molar-refractivity contribution in [2.24, 2.45) is 5.73 Å². The van der Waals surface area contributed by atoms with E-state index in [4.69, 9.17) is 17.3 Å². The zero-order valence-corrected chi connectivity index (χ0v) is 13.8. The first-order valence-electron chi connectivity index (χ1n) is 7.46. The molecular formula is C18H20ClNS. The molecule has 1 aliphatic carbocycles. The van der Waals surface area contributed by atoms with Crippen LogP contribution < -0.4 is 5.73 Å². The maximum atomic E-state index is 6.42. The minimum Gasteiger partial charge on any atom is -0.328 e. The van der Waals surface area contributed by atoms with E-state index in [-0.39, 0.29) is 6.04 Å². The summed E-state index contributed by atoms with van der Waals surface area (Å²) in [6.45, 7) is 2.03. The topological polar surface area (TPSA) is 26.0 Å². The first-order chi connectivity index (χ1) is 10.1. The lowest BCUT2D eigenvalue weighted by Gasteiger charge is -2.13. The van der Waals surface area contributed by atoms with Gasteiger partial charge in [-0.2, -0.15) is 0 Å². The van der Waals surface area contributed by atoms with E-state index in [9.17, 15) is 0 Å². The summed E-state index contributed by atoms with van der Waals surface area (Å²) in [7, 11) is 0. The Labute approximate surface area is 135 Å². The molecule has 0 amide bonds. The quantitative estimate of drug-likeness (QED) is 0.870. The first kappa shape index (κ1) is 15.0. The molecule has 0 heterocycles. The Morgan fingerprint density at radius 3 is 2.81 bits per heavy atom. The van der Waals surface area contributed by atoms with Crippen LogP contribution in [0.15, 0.2) is 46.2 Å². The number of hydrogen-bond donors (Lipinski definition) is 1. The SMILES string of the molecule is CC(N)Cc1cccc(Cl)c1Sc1ccc2c(c1)CCC2. The maximum absolute atomic E-state index is 6.42. The molecule has 1 aliphatic rings. The van der Waals surface area contributed by atoms with Crippen molar-refractivity contribution in [1.82, 2.24) is 0 Å². The Balaban J connectivity index is 1.90. The van der Waals surface area contributed by atoms with Gasteiger partial charge in [0.1, 0.15) is 0 Å². The molecule has 0 aliphatic heterocycles. The van der Waals surface area contributed by atoms with E-state index in [1.54, 1.807) is 11.8 Å². The third-order valence-corrected chi connectivity index (χ3v) is 5.48. The van der Waals surface area contributed by atoms with Crippen LogP contribution in [0, 0.1) is 0 Å². The molecule has 2 aromatic rings. The second kappa shape index (κ2) is 6.43. The Bertz CT molecular complexity index is 652. The molecule has 3 heteroatoms. The number of fused-ring (bicyclic) bond motifs is 1. The van der Waals surface area contributed by atoms with Crippen LogP contribution in [0.1, 0.15) is 30.0 Å². The van der Waals surface area contributed by atoms with Crippen molar-refractivity contribution in [2.45, 2.75) is 48.4 Å². The summed E-state index contributed by atoms with van der Waals surface area (Å²) in [5.74, 6) is 0. The molecule has 0 radical (unpaired) electrons. The Hall–Kier alpha value is -0.960. The predicted molar refractivity (Wildman–Crippen MR) is 91.4 cm³/mol. The van der Waals surface area contributed by atoms with Gasteiger partial charge in [-0.05, 0) is 67.5 Å². The summed E-state index contributed by atoms with van der Waals surface area (Å²) in [5, 5.41) is 0.818. The number of benzene rings is 2. The van der Waals surface area contributed by atoms with Crippen molar-refractivity contribution in [3.05, 3.63) is 58.1 Å². The highest BCUT2D eigenvalue weighted by Gasteiger charge is 2.14. The zero-order chi connectivity index (χ0) is 14.8. The lowest BCUT2D eigenvalue weighted by molar-refractivity contribution is 0.729. The van der Waals surface area contributed by atoms with Crippen molar-refractivity contribution < 1.29 is 0 Å². The molecule has 0 spiro atoms. The minimum absolute atomic E-state index is 0.142. The number of rotatable bonds is 4. The number of halogens is 1. The molecule has 1 nitrogen and oxygen atoms in total. The van der Waals surface area contributed by atoms with Gasteiger partial charge in [-0.15, -0.1) is 0 Å². The third-order valence-electron chi connectivity index (χ3n) is 3.88. The molecular weight excluding hydrogens is 298 g/mol. The van der Waals surface area contributed by atoms with Crippen molar-refractivity contribution in [3.8, 4) is 0 Å². The summed E-state index contributed by atoms with van der Waals surface area (Å²) >= 11 is 8.18. The molecule has 3 rings (SSSR count). The van der Waals surface area contributed by atoms with Gasteiger partial charge in [-0.3, -0.25) is 0 Å². The van der Waals surface area contributed by atoms with Gasteiger partial charge < -0.3 is 5.73 Å². The number of aryl methyl sites for hydroxylation is 2. The van der Waals surface area contributed by atoms with Gasteiger partial charge in [0.05, 0.1) is 5.02 Å². The van der Waals surface area contributed by atoms with Crippen LogP contribution >= 0.6 is 23.4 Å². The van der Waals surface area contributed by atoms with Crippen LogP contribution in [0.4, 0.5) is 0 Å². The van der Waals surface area contributed by atoms with Gasteiger partial charge in [-0.25, -0.2) is 0 Å². The average Bonchev–Trinajstić information content (AvgIpc) is 2.89. The second-order valence-corrected chi connectivity index (χ2v) is 7.29. The molecule has 1 atom stereocenters. The molecule has 2 N–H and O–H groups in total. The largest absolute Gasteiger partial charge is 0.328 e. The van der Waals surface area contributed by atoms with Crippen LogP contribution in [-0.2, 0) is 19.3 Å². The molecule has 21 heavy (non-hydrogen) atoms. The van der Waals surface area contributed by atoms with Crippen LogP contribution in [0.5, 0.6) is 0 Å². The molecule has 110 valence electrons. The normalized spacial score (nSPS) is 15.0. The van der Waals surface area contributed by atoms with E-state index in [0.717, 1.165) is 16.3 Å². The van der Waals surface area contributed by atoms with Crippen molar-refractivity contribution in [1.29, 1.82) is 0 Å². The van der Waals surface area contributed by atoms with E-state index < -0.39 is 0 Å². The van der Waals surface area contributed by atoms with E-state index in [2.05, 4.69) is 24.3 Å². The van der Waals surface area contributed by atoms with Crippen LogP contribution in [0.25, 0.3) is 0 Å². The Kier molecular flexibility index (Phi) is 4.58. The van der Waals surface area contributed by atoms with Crippen LogP contribution in [-0.4, -0.2) is 6.04 Å². The highest BCUT2D eigenvalue weighted by atomic mass is 35.5. The Morgan fingerprint density at radius 2 is 2.00 bits per heavy atom. The van der Waals surface area contributed by atoms with Gasteiger partial charge in [-0.1, -0.05) is 41.6 Å². The monoisotopic (exact) mass is 317 g/mol. The molecule has 2 aromatic carbocycles. The van der Waals surface area contributed by atoms with Crippen molar-refractivity contribution >= 4 is 23.4 Å². The summed E-state index contributed by atoms with van der Waals surface area (Å²) in [4.78, 5) is 2.42. The summed E-state index contributed by atoms with van der Waals surface area (Å²) in [6.07, 6.45) is 4.57. The maximum Gasteiger partial charge on any atom is 0.0548 e. The van der Waals surface area contributed by atoms with Gasteiger partial charge in [0.25, 0.3) is 0 Å². The molecule has 0 aromatic heterocycles. The second-order valence-electron chi connectivity index (χ2n) is 5.80. The standard InChI is InChI=1S/C18H20ClNS/c1-12(20)10-15-6-3-7-17(19)18(15)21-16-9-8-13-4-2-5-14(13)11-16/h3,6-9,11-12H,2,4-5,10,20H2,1H3. The highest BCUT2D eigenvalue weighted by molar-refractivity contribution is 7.99.